The van der Waals surface area contributed by atoms with E-state index in [4.69, 9.17) is 0 Å². The molecular weight excluding hydrogens is 264 g/mol. The van der Waals surface area contributed by atoms with Crippen LogP contribution < -0.4 is 0 Å². The smallest absolute Gasteiger partial charge is 0.165 e. The predicted octanol–water partition coefficient (Wildman–Crippen LogP) is 2.00. The lowest BCUT2D eigenvalue weighted by atomic mass is 9.97. The Hall–Kier alpha value is -1.72. The van der Waals surface area contributed by atoms with E-state index in [-0.39, 0.29) is 6.04 Å². The first-order chi connectivity index (χ1) is 10.0. The maximum Gasteiger partial charge on any atom is 0.165 e. The quantitative estimate of drug-likeness (QED) is 0.934. The largest absolute Gasteiger partial charge is 0.389 e. The minimum atomic E-state index is -0.682. The first-order valence-corrected chi connectivity index (χ1v) is 7.46. The van der Waals surface area contributed by atoms with Crippen LogP contribution in [0.4, 0.5) is 0 Å². The van der Waals surface area contributed by atoms with Crippen LogP contribution >= 0.6 is 0 Å². The molecule has 1 saturated heterocycles. The standard InChI is InChI=1S/C16H22N4O/c1-16(2,21)14-9-6-10-19(14)11-15-17-12-20(18-15)13-7-4-3-5-8-13/h3-5,7-8,12,14,21H,6,9-11H2,1-2H3. The summed E-state index contributed by atoms with van der Waals surface area (Å²) >= 11 is 0. The summed E-state index contributed by atoms with van der Waals surface area (Å²) in [6, 6.07) is 10.2. The second-order valence-corrected chi connectivity index (χ2v) is 6.22. The number of hydrogen-bond acceptors (Lipinski definition) is 4. The van der Waals surface area contributed by atoms with Crippen molar-refractivity contribution in [3.05, 3.63) is 42.5 Å². The number of benzene rings is 1. The molecule has 0 bridgehead atoms. The van der Waals surface area contributed by atoms with E-state index < -0.39 is 5.60 Å². The van der Waals surface area contributed by atoms with Gasteiger partial charge in [0, 0.05) is 6.04 Å². The van der Waals surface area contributed by atoms with Crippen LogP contribution in [0.2, 0.25) is 0 Å². The minimum absolute atomic E-state index is 0.182. The van der Waals surface area contributed by atoms with Crippen molar-refractivity contribution >= 4 is 0 Å². The molecule has 1 N–H and O–H groups in total. The molecule has 5 heteroatoms. The highest BCUT2D eigenvalue weighted by Gasteiger charge is 2.36. The van der Waals surface area contributed by atoms with Gasteiger partial charge in [-0.25, -0.2) is 9.67 Å². The highest BCUT2D eigenvalue weighted by Crippen LogP contribution is 2.27. The van der Waals surface area contributed by atoms with E-state index in [2.05, 4.69) is 15.0 Å². The molecule has 0 aliphatic carbocycles. The number of aliphatic hydroxyl groups is 1. The molecule has 0 saturated carbocycles. The fourth-order valence-electron chi connectivity index (χ4n) is 3.07. The van der Waals surface area contributed by atoms with Crippen LogP contribution in [0.5, 0.6) is 0 Å². The van der Waals surface area contributed by atoms with Crippen molar-refractivity contribution in [3.8, 4) is 5.69 Å². The van der Waals surface area contributed by atoms with Crippen LogP contribution in [0.3, 0.4) is 0 Å². The second-order valence-electron chi connectivity index (χ2n) is 6.22. The zero-order valence-corrected chi connectivity index (χ0v) is 12.6. The fraction of sp³-hybridized carbons (Fsp3) is 0.500. The number of para-hydroxylation sites is 1. The summed E-state index contributed by atoms with van der Waals surface area (Å²) in [5, 5.41) is 14.8. The number of likely N-dealkylation sites (tertiary alicyclic amines) is 1. The van der Waals surface area contributed by atoms with E-state index >= 15 is 0 Å². The summed E-state index contributed by atoms with van der Waals surface area (Å²) in [7, 11) is 0. The van der Waals surface area contributed by atoms with Crippen molar-refractivity contribution in [1.29, 1.82) is 0 Å². The summed E-state index contributed by atoms with van der Waals surface area (Å²) in [6.07, 6.45) is 3.90. The third kappa shape index (κ3) is 3.14. The minimum Gasteiger partial charge on any atom is -0.389 e. The van der Waals surface area contributed by atoms with Gasteiger partial charge in [-0.15, -0.1) is 5.10 Å². The molecule has 112 valence electrons. The number of rotatable bonds is 4. The van der Waals surface area contributed by atoms with Crippen molar-refractivity contribution in [2.45, 2.75) is 44.9 Å². The molecule has 0 radical (unpaired) electrons. The monoisotopic (exact) mass is 286 g/mol. The van der Waals surface area contributed by atoms with Crippen molar-refractivity contribution in [3.63, 3.8) is 0 Å². The predicted molar refractivity (Wildman–Crippen MR) is 81.1 cm³/mol. The molecule has 5 nitrogen and oxygen atoms in total. The third-order valence-corrected chi connectivity index (χ3v) is 4.08. The molecule has 0 spiro atoms. The van der Waals surface area contributed by atoms with E-state index in [0.29, 0.717) is 6.54 Å². The molecule has 2 heterocycles. The zero-order valence-electron chi connectivity index (χ0n) is 12.6. The Bertz CT molecular complexity index is 588. The number of aromatic nitrogens is 3. The first-order valence-electron chi connectivity index (χ1n) is 7.46. The van der Waals surface area contributed by atoms with Gasteiger partial charge in [-0.3, -0.25) is 4.90 Å². The lowest BCUT2D eigenvalue weighted by Gasteiger charge is -2.33. The van der Waals surface area contributed by atoms with Crippen LogP contribution in [0.25, 0.3) is 5.69 Å². The van der Waals surface area contributed by atoms with Crippen LogP contribution in [-0.2, 0) is 6.54 Å². The van der Waals surface area contributed by atoms with Crippen molar-refractivity contribution < 1.29 is 5.11 Å². The average Bonchev–Trinajstić information content (AvgIpc) is 3.09. The molecule has 1 unspecified atom stereocenters. The van der Waals surface area contributed by atoms with Gasteiger partial charge in [-0.05, 0) is 45.4 Å². The van der Waals surface area contributed by atoms with Gasteiger partial charge in [-0.2, -0.15) is 0 Å². The van der Waals surface area contributed by atoms with Gasteiger partial charge < -0.3 is 5.11 Å². The highest BCUT2D eigenvalue weighted by molar-refractivity contribution is 5.29. The Morgan fingerprint density at radius 1 is 1.29 bits per heavy atom. The maximum atomic E-state index is 10.3. The zero-order chi connectivity index (χ0) is 14.9. The fourth-order valence-corrected chi connectivity index (χ4v) is 3.07. The van der Waals surface area contributed by atoms with Crippen LogP contribution in [0.1, 0.15) is 32.5 Å². The van der Waals surface area contributed by atoms with Crippen LogP contribution in [-0.4, -0.2) is 43.0 Å². The Labute approximate surface area is 125 Å². The number of hydrogen-bond donors (Lipinski definition) is 1. The SMILES string of the molecule is CC(C)(O)C1CCCN1Cc1ncn(-c2ccccc2)n1. The van der Waals surface area contributed by atoms with Gasteiger partial charge in [0.2, 0.25) is 0 Å². The third-order valence-electron chi connectivity index (χ3n) is 4.08. The van der Waals surface area contributed by atoms with Crippen LogP contribution in [0, 0.1) is 0 Å². The normalized spacial score (nSPS) is 20.0. The molecule has 1 aromatic carbocycles. The molecule has 1 aliphatic rings. The number of nitrogens with zero attached hydrogens (tertiary/aromatic N) is 4. The molecular formula is C16H22N4O. The summed E-state index contributed by atoms with van der Waals surface area (Å²) < 4.78 is 1.80. The van der Waals surface area contributed by atoms with Gasteiger partial charge in [0.25, 0.3) is 0 Å². The Morgan fingerprint density at radius 3 is 2.76 bits per heavy atom. The van der Waals surface area contributed by atoms with Crippen molar-refractivity contribution in [2.75, 3.05) is 6.54 Å². The summed E-state index contributed by atoms with van der Waals surface area (Å²) in [5.74, 6) is 0.801. The van der Waals surface area contributed by atoms with Crippen LogP contribution in [0.15, 0.2) is 36.7 Å². The van der Waals surface area contributed by atoms with Gasteiger partial charge >= 0.3 is 0 Å². The Balaban J connectivity index is 1.73. The van der Waals surface area contributed by atoms with Gasteiger partial charge in [0.15, 0.2) is 5.82 Å². The summed E-state index contributed by atoms with van der Waals surface area (Å²) in [5.41, 5.74) is 0.329. The molecule has 3 rings (SSSR count). The summed E-state index contributed by atoms with van der Waals surface area (Å²) in [4.78, 5) is 6.68. The molecule has 21 heavy (non-hydrogen) atoms. The topological polar surface area (TPSA) is 54.2 Å². The lowest BCUT2D eigenvalue weighted by Crippen LogP contribution is -2.45. The molecule has 1 aromatic heterocycles. The second kappa shape index (κ2) is 5.58. The van der Waals surface area contributed by atoms with Gasteiger partial charge in [0.1, 0.15) is 6.33 Å². The van der Waals surface area contributed by atoms with E-state index in [9.17, 15) is 5.11 Å². The Morgan fingerprint density at radius 2 is 2.05 bits per heavy atom. The van der Waals surface area contributed by atoms with E-state index in [1.54, 1.807) is 11.0 Å². The summed E-state index contributed by atoms with van der Waals surface area (Å²) in [6.45, 7) is 5.45. The maximum absolute atomic E-state index is 10.3. The average molecular weight is 286 g/mol. The first kappa shape index (κ1) is 14.2. The lowest BCUT2D eigenvalue weighted by molar-refractivity contribution is -0.00573. The van der Waals surface area contributed by atoms with Crippen molar-refractivity contribution in [2.24, 2.45) is 0 Å². The molecule has 0 amide bonds. The molecule has 1 atom stereocenters. The highest BCUT2D eigenvalue weighted by atomic mass is 16.3. The van der Waals surface area contributed by atoms with Crippen molar-refractivity contribution in [1.82, 2.24) is 19.7 Å². The van der Waals surface area contributed by atoms with E-state index in [1.807, 2.05) is 44.2 Å². The van der Waals surface area contributed by atoms with E-state index in [0.717, 1.165) is 30.9 Å². The Kier molecular flexibility index (Phi) is 3.78. The molecule has 2 aromatic rings. The molecule has 1 fully saturated rings. The molecule has 1 aliphatic heterocycles. The van der Waals surface area contributed by atoms with Gasteiger partial charge in [0.05, 0.1) is 17.8 Å². The van der Waals surface area contributed by atoms with E-state index in [1.165, 1.54) is 0 Å². The van der Waals surface area contributed by atoms with Gasteiger partial charge in [-0.1, -0.05) is 18.2 Å².